The molecule has 0 saturated heterocycles. The number of Topliss-reactive ketones (excluding diaryl/α,β-unsaturated/α-hetero) is 1. The average Bonchev–Trinajstić information content (AvgIpc) is 3.12. The number of benzene rings is 2. The Kier molecular flexibility index (Phi) is 9.73. The number of halogens is 2. The number of aliphatic hydroxyl groups excluding tert-OH is 1. The normalized spacial score (nSPS) is 12.7. The van der Waals surface area contributed by atoms with Gasteiger partial charge in [0.2, 0.25) is 0 Å². The van der Waals surface area contributed by atoms with E-state index in [0.29, 0.717) is 35.5 Å². The molecule has 0 unspecified atom stereocenters. The number of ketones is 1. The van der Waals surface area contributed by atoms with Gasteiger partial charge in [0.25, 0.3) is 0 Å². The van der Waals surface area contributed by atoms with Crippen LogP contribution in [-0.4, -0.2) is 62.7 Å². The van der Waals surface area contributed by atoms with E-state index in [1.165, 1.54) is 19.1 Å². The van der Waals surface area contributed by atoms with Crippen LogP contribution in [0, 0.1) is 11.2 Å². The quantitative estimate of drug-likeness (QED) is 0.286. The lowest BCUT2D eigenvalue weighted by atomic mass is 9.84. The van der Waals surface area contributed by atoms with Crippen LogP contribution in [0.3, 0.4) is 0 Å². The molecule has 10 heteroatoms. The predicted molar refractivity (Wildman–Crippen MR) is 143 cm³/mol. The number of carbonyl (C=O) groups excluding carboxylic acids is 1. The van der Waals surface area contributed by atoms with Crippen molar-refractivity contribution in [2.45, 2.75) is 39.2 Å². The SMILES string of the molecule is Br.COc1cc2c(c(F)c1OC)C(=N)N(CC(=O)c1cc(NCCCO)c(OC)c(C(C)(C)C)c1)C2. The maximum Gasteiger partial charge on any atom is 0.197 e. The summed E-state index contributed by atoms with van der Waals surface area (Å²) in [5, 5.41) is 20.9. The Hall–Kier alpha value is -2.85. The first-order valence-electron chi connectivity index (χ1n) is 11.4. The number of aliphatic hydroxyl groups is 1. The van der Waals surface area contributed by atoms with Gasteiger partial charge in [-0.05, 0) is 35.6 Å². The van der Waals surface area contributed by atoms with E-state index < -0.39 is 5.82 Å². The van der Waals surface area contributed by atoms with Crippen molar-refractivity contribution in [3.63, 3.8) is 0 Å². The molecule has 1 heterocycles. The molecule has 2 aromatic rings. The fourth-order valence-corrected chi connectivity index (χ4v) is 4.22. The van der Waals surface area contributed by atoms with Crippen LogP contribution in [0.25, 0.3) is 0 Å². The molecule has 8 nitrogen and oxygen atoms in total. The average molecular weight is 568 g/mol. The highest BCUT2D eigenvalue weighted by atomic mass is 79.9. The van der Waals surface area contributed by atoms with Crippen LogP contribution >= 0.6 is 17.0 Å². The number of anilines is 1. The predicted octanol–water partition coefficient (Wildman–Crippen LogP) is 4.55. The molecule has 3 N–H and O–H groups in total. The Bertz CT molecular complexity index is 1130. The molecule has 198 valence electrons. The Labute approximate surface area is 222 Å². The van der Waals surface area contributed by atoms with Gasteiger partial charge in [-0.15, -0.1) is 17.0 Å². The number of rotatable bonds is 10. The number of nitrogens with zero attached hydrogens (tertiary/aromatic N) is 1. The van der Waals surface area contributed by atoms with Crippen molar-refractivity contribution in [1.29, 1.82) is 5.41 Å². The second kappa shape index (κ2) is 11.9. The Balaban J connectivity index is 0.00000456. The Morgan fingerprint density at radius 1 is 1.14 bits per heavy atom. The second-order valence-electron chi connectivity index (χ2n) is 9.45. The summed E-state index contributed by atoms with van der Waals surface area (Å²) >= 11 is 0. The van der Waals surface area contributed by atoms with Gasteiger partial charge in [0.1, 0.15) is 11.6 Å². The lowest BCUT2D eigenvalue weighted by Crippen LogP contribution is -2.30. The summed E-state index contributed by atoms with van der Waals surface area (Å²) in [5.74, 6) is -0.120. The van der Waals surface area contributed by atoms with E-state index in [9.17, 15) is 4.79 Å². The standard InChI is InChI=1S/C26H34FN3O5.BrH/c1-26(2,3)17-10-15(11-18(23(17)34-5)29-8-7-9-31)19(32)14-30-13-16-12-20(33-4)24(35-6)22(27)21(16)25(30)28;/h10-12,28-29,31H,7-9,13-14H2,1-6H3;1H. The van der Waals surface area contributed by atoms with Gasteiger partial charge < -0.3 is 29.5 Å². The smallest absolute Gasteiger partial charge is 0.197 e. The molecule has 0 fully saturated rings. The fraction of sp³-hybridized carbons (Fsp3) is 0.462. The third-order valence-corrected chi connectivity index (χ3v) is 6.02. The summed E-state index contributed by atoms with van der Waals surface area (Å²) in [4.78, 5) is 14.9. The lowest BCUT2D eigenvalue weighted by molar-refractivity contribution is 0.0962. The van der Waals surface area contributed by atoms with E-state index in [4.69, 9.17) is 24.7 Å². The fourth-order valence-electron chi connectivity index (χ4n) is 4.22. The van der Waals surface area contributed by atoms with E-state index in [1.807, 2.05) is 26.8 Å². The van der Waals surface area contributed by atoms with Crippen LogP contribution in [0.1, 0.15) is 54.2 Å². The highest BCUT2D eigenvalue weighted by Gasteiger charge is 2.33. The molecule has 0 saturated carbocycles. The van der Waals surface area contributed by atoms with Gasteiger partial charge in [-0.25, -0.2) is 4.39 Å². The van der Waals surface area contributed by atoms with Crippen LogP contribution in [0.5, 0.6) is 17.2 Å². The van der Waals surface area contributed by atoms with Crippen LogP contribution in [0.2, 0.25) is 0 Å². The summed E-state index contributed by atoms with van der Waals surface area (Å²) < 4.78 is 31.1. The number of ether oxygens (including phenoxy) is 3. The molecule has 1 aliphatic rings. The second-order valence-corrected chi connectivity index (χ2v) is 9.45. The zero-order valence-electron chi connectivity index (χ0n) is 21.6. The minimum Gasteiger partial charge on any atom is -0.494 e. The highest BCUT2D eigenvalue weighted by molar-refractivity contribution is 8.93. The van der Waals surface area contributed by atoms with Gasteiger partial charge in [0, 0.05) is 30.8 Å². The van der Waals surface area contributed by atoms with E-state index in [-0.39, 0.29) is 70.8 Å². The van der Waals surface area contributed by atoms with E-state index >= 15 is 4.39 Å². The molecule has 3 rings (SSSR count). The Morgan fingerprint density at radius 2 is 1.81 bits per heavy atom. The van der Waals surface area contributed by atoms with E-state index in [1.54, 1.807) is 19.2 Å². The molecule has 1 aliphatic heterocycles. The van der Waals surface area contributed by atoms with Crippen LogP contribution in [0.15, 0.2) is 18.2 Å². The van der Waals surface area contributed by atoms with Crippen molar-refractivity contribution >= 4 is 34.3 Å². The summed E-state index contributed by atoms with van der Waals surface area (Å²) in [6.07, 6.45) is 0.549. The minimum absolute atomic E-state index is 0. The van der Waals surface area contributed by atoms with Crippen molar-refractivity contribution in [3.8, 4) is 17.2 Å². The summed E-state index contributed by atoms with van der Waals surface area (Å²) in [6, 6.07) is 5.19. The summed E-state index contributed by atoms with van der Waals surface area (Å²) in [6.45, 7) is 6.78. The summed E-state index contributed by atoms with van der Waals surface area (Å²) in [7, 11) is 4.35. The molecule has 0 atom stereocenters. The molecule has 0 bridgehead atoms. The van der Waals surface area contributed by atoms with Gasteiger partial charge in [-0.2, -0.15) is 0 Å². The van der Waals surface area contributed by atoms with E-state index in [2.05, 4.69) is 5.32 Å². The molecular formula is C26H35BrFN3O5. The molecule has 0 radical (unpaired) electrons. The maximum absolute atomic E-state index is 15.1. The third-order valence-electron chi connectivity index (χ3n) is 6.02. The largest absolute Gasteiger partial charge is 0.494 e. The number of hydrogen-bond donors (Lipinski definition) is 3. The van der Waals surface area contributed by atoms with Crippen molar-refractivity contribution in [2.24, 2.45) is 0 Å². The van der Waals surface area contributed by atoms with Gasteiger partial charge in [0.05, 0.1) is 39.1 Å². The van der Waals surface area contributed by atoms with Gasteiger partial charge in [-0.3, -0.25) is 10.2 Å². The van der Waals surface area contributed by atoms with Crippen molar-refractivity contribution in [3.05, 3.63) is 46.3 Å². The highest BCUT2D eigenvalue weighted by Crippen LogP contribution is 2.40. The van der Waals surface area contributed by atoms with Crippen molar-refractivity contribution in [1.82, 2.24) is 4.90 Å². The first-order chi connectivity index (χ1) is 16.6. The van der Waals surface area contributed by atoms with Crippen LogP contribution < -0.4 is 19.5 Å². The minimum atomic E-state index is -0.670. The first kappa shape index (κ1) is 29.4. The first-order valence-corrected chi connectivity index (χ1v) is 11.4. The van der Waals surface area contributed by atoms with Crippen molar-refractivity contribution in [2.75, 3.05) is 46.3 Å². The zero-order chi connectivity index (χ0) is 25.9. The van der Waals surface area contributed by atoms with Gasteiger partial charge in [-0.1, -0.05) is 20.8 Å². The Morgan fingerprint density at radius 3 is 2.36 bits per heavy atom. The monoisotopic (exact) mass is 567 g/mol. The number of methoxy groups -OCH3 is 3. The number of amidine groups is 1. The zero-order valence-corrected chi connectivity index (χ0v) is 23.3. The maximum atomic E-state index is 15.1. The van der Waals surface area contributed by atoms with Crippen molar-refractivity contribution < 1.29 is 28.5 Å². The van der Waals surface area contributed by atoms with E-state index in [0.717, 1.165) is 5.56 Å². The van der Waals surface area contributed by atoms with Gasteiger partial charge >= 0.3 is 0 Å². The number of carbonyl (C=O) groups is 1. The molecular weight excluding hydrogens is 533 g/mol. The topological polar surface area (TPSA) is 104 Å². The number of hydrogen-bond acceptors (Lipinski definition) is 7. The molecule has 0 aliphatic carbocycles. The lowest BCUT2D eigenvalue weighted by Gasteiger charge is -2.26. The molecule has 36 heavy (non-hydrogen) atoms. The molecule has 2 aromatic carbocycles. The number of fused-ring (bicyclic) bond motifs is 1. The molecule has 0 aromatic heterocycles. The van der Waals surface area contributed by atoms with Gasteiger partial charge in [0.15, 0.2) is 23.1 Å². The molecule has 0 spiro atoms. The summed E-state index contributed by atoms with van der Waals surface area (Å²) in [5.41, 5.74) is 2.36. The number of nitrogens with one attached hydrogen (secondary N) is 2. The van der Waals surface area contributed by atoms with Crippen LogP contribution in [0.4, 0.5) is 10.1 Å². The molecule has 0 amide bonds. The van der Waals surface area contributed by atoms with Crippen LogP contribution in [-0.2, 0) is 12.0 Å². The third kappa shape index (κ3) is 5.75.